The first-order valence-electron chi connectivity index (χ1n) is 11.0. The number of nitrogens with zero attached hydrogens (tertiary/aromatic N) is 1. The molecule has 0 bridgehead atoms. The molecule has 0 aliphatic carbocycles. The zero-order valence-corrected chi connectivity index (χ0v) is 19.8. The van der Waals surface area contributed by atoms with Crippen molar-refractivity contribution in [2.24, 2.45) is 0 Å². The predicted octanol–water partition coefficient (Wildman–Crippen LogP) is 6.95. The summed E-state index contributed by atoms with van der Waals surface area (Å²) >= 11 is 6.14. The lowest BCUT2D eigenvalue weighted by Crippen LogP contribution is -2.36. The Kier molecular flexibility index (Phi) is 6.57. The first-order chi connectivity index (χ1) is 16.0. The SMILES string of the molecule is Cc1cc(Oc2c(C(F)(F)F)oc3c(CN4CCCC[C@@H]4C)c(O)ccc3c2=O)cc(C)c1Cl. The van der Waals surface area contributed by atoms with Crippen LogP contribution in [-0.4, -0.2) is 22.6 Å². The monoisotopic (exact) mass is 495 g/mol. The molecule has 9 heteroatoms. The van der Waals surface area contributed by atoms with Crippen LogP contribution < -0.4 is 10.2 Å². The Hall–Kier alpha value is -2.71. The van der Waals surface area contributed by atoms with Gasteiger partial charge in [-0.2, -0.15) is 13.2 Å². The third-order valence-corrected chi connectivity index (χ3v) is 6.88. The summed E-state index contributed by atoms with van der Waals surface area (Å²) in [5.74, 6) is -2.69. The van der Waals surface area contributed by atoms with E-state index in [9.17, 15) is 23.1 Å². The van der Waals surface area contributed by atoms with Crippen LogP contribution in [0.15, 0.2) is 33.5 Å². The second kappa shape index (κ2) is 9.15. The molecule has 2 aromatic carbocycles. The van der Waals surface area contributed by atoms with E-state index >= 15 is 0 Å². The highest BCUT2D eigenvalue weighted by atomic mass is 35.5. The van der Waals surface area contributed by atoms with Crippen LogP contribution in [-0.2, 0) is 12.7 Å². The van der Waals surface area contributed by atoms with Crippen LogP contribution in [0.3, 0.4) is 0 Å². The average Bonchev–Trinajstić information content (AvgIpc) is 2.76. The smallest absolute Gasteiger partial charge is 0.453 e. The highest BCUT2D eigenvalue weighted by Crippen LogP contribution is 2.41. The number of aromatic hydroxyl groups is 1. The van der Waals surface area contributed by atoms with E-state index in [1.165, 1.54) is 24.3 Å². The van der Waals surface area contributed by atoms with Gasteiger partial charge in [0.05, 0.1) is 10.9 Å². The van der Waals surface area contributed by atoms with Gasteiger partial charge in [0, 0.05) is 17.6 Å². The minimum absolute atomic E-state index is 0.0395. The lowest BCUT2D eigenvalue weighted by atomic mass is 10.0. The molecule has 0 spiro atoms. The number of halogens is 4. The van der Waals surface area contributed by atoms with Crippen molar-refractivity contribution in [3.05, 3.63) is 62.0 Å². The fraction of sp³-hybridized carbons (Fsp3) is 0.400. The topological polar surface area (TPSA) is 62.9 Å². The fourth-order valence-corrected chi connectivity index (χ4v) is 4.51. The molecule has 0 radical (unpaired) electrons. The van der Waals surface area contributed by atoms with E-state index in [0.29, 0.717) is 16.1 Å². The van der Waals surface area contributed by atoms with Gasteiger partial charge in [0.1, 0.15) is 17.1 Å². The maximum atomic E-state index is 14.0. The minimum Gasteiger partial charge on any atom is -0.507 e. The lowest BCUT2D eigenvalue weighted by molar-refractivity contribution is -0.154. The molecule has 1 N–H and O–H groups in total. The van der Waals surface area contributed by atoms with Gasteiger partial charge in [0.25, 0.3) is 5.76 Å². The Balaban J connectivity index is 1.89. The summed E-state index contributed by atoms with van der Waals surface area (Å²) in [6, 6.07) is 5.66. The van der Waals surface area contributed by atoms with Gasteiger partial charge < -0.3 is 14.3 Å². The molecule has 3 aromatic rings. The molecule has 2 heterocycles. The first-order valence-corrected chi connectivity index (χ1v) is 11.4. The molecule has 0 saturated carbocycles. The Morgan fingerprint density at radius 3 is 2.50 bits per heavy atom. The number of alkyl halides is 3. The number of phenols is 1. The molecule has 5 nitrogen and oxygen atoms in total. The Morgan fingerprint density at radius 2 is 1.88 bits per heavy atom. The number of benzene rings is 2. The lowest BCUT2D eigenvalue weighted by Gasteiger charge is -2.33. The number of piperidine rings is 1. The molecule has 1 aliphatic rings. The van der Waals surface area contributed by atoms with Crippen molar-refractivity contribution in [3.63, 3.8) is 0 Å². The molecule has 1 atom stereocenters. The van der Waals surface area contributed by atoms with E-state index in [4.69, 9.17) is 20.8 Å². The van der Waals surface area contributed by atoms with Crippen molar-refractivity contribution >= 4 is 22.6 Å². The largest absolute Gasteiger partial charge is 0.507 e. The number of ether oxygens (including phenoxy) is 1. The Bertz CT molecular complexity index is 1280. The standard InChI is InChI=1S/C25H25ClF3NO4/c1-13-10-16(11-14(2)20(13)26)33-23-21(32)17-7-8-19(31)18(12-30-9-5-4-6-15(30)3)22(17)34-24(23)25(27,28)29/h7-8,10-11,15,31H,4-6,9,12H2,1-3H3/t15-/m0/s1. The van der Waals surface area contributed by atoms with Crippen LogP contribution in [0.25, 0.3) is 11.0 Å². The Morgan fingerprint density at radius 1 is 1.21 bits per heavy atom. The van der Waals surface area contributed by atoms with Gasteiger partial charge in [-0.15, -0.1) is 0 Å². The minimum atomic E-state index is -5.00. The van der Waals surface area contributed by atoms with Crippen LogP contribution in [0, 0.1) is 13.8 Å². The second-order valence-electron chi connectivity index (χ2n) is 8.82. The predicted molar refractivity (Wildman–Crippen MR) is 124 cm³/mol. The molecule has 0 amide bonds. The molecule has 34 heavy (non-hydrogen) atoms. The van der Waals surface area contributed by atoms with Crippen LogP contribution in [0.4, 0.5) is 13.2 Å². The molecule has 1 saturated heterocycles. The zero-order valence-electron chi connectivity index (χ0n) is 19.1. The molecule has 0 unspecified atom stereocenters. The van der Waals surface area contributed by atoms with Gasteiger partial charge in [-0.3, -0.25) is 9.69 Å². The van der Waals surface area contributed by atoms with Crippen LogP contribution in [0.1, 0.15) is 48.6 Å². The number of phenolic OH excluding ortho intramolecular Hbond substituents is 1. The summed E-state index contributed by atoms with van der Waals surface area (Å²) in [7, 11) is 0. The average molecular weight is 496 g/mol. The molecule has 182 valence electrons. The highest BCUT2D eigenvalue weighted by Gasteiger charge is 2.41. The van der Waals surface area contributed by atoms with Crippen molar-refractivity contribution < 1.29 is 27.4 Å². The van der Waals surface area contributed by atoms with Crippen LogP contribution >= 0.6 is 11.6 Å². The van der Waals surface area contributed by atoms with E-state index in [2.05, 4.69) is 4.90 Å². The maximum absolute atomic E-state index is 14.0. The molecule has 1 fully saturated rings. The van der Waals surface area contributed by atoms with Gasteiger partial charge in [0.15, 0.2) is 0 Å². The molecule has 1 aliphatic heterocycles. The van der Waals surface area contributed by atoms with Crippen molar-refractivity contribution in [1.82, 2.24) is 4.90 Å². The Labute approximate surface area is 199 Å². The van der Waals surface area contributed by atoms with E-state index in [0.717, 1.165) is 25.8 Å². The van der Waals surface area contributed by atoms with Gasteiger partial charge >= 0.3 is 6.18 Å². The maximum Gasteiger partial charge on any atom is 0.453 e. The normalized spacial score (nSPS) is 17.3. The van der Waals surface area contributed by atoms with Gasteiger partial charge in [0.2, 0.25) is 11.2 Å². The van der Waals surface area contributed by atoms with E-state index in [-0.39, 0.29) is 40.6 Å². The van der Waals surface area contributed by atoms with Crippen LogP contribution in [0.5, 0.6) is 17.2 Å². The molecule has 1 aromatic heterocycles. The van der Waals surface area contributed by atoms with Crippen LogP contribution in [0.2, 0.25) is 5.02 Å². The number of likely N-dealkylation sites (tertiary alicyclic amines) is 1. The highest BCUT2D eigenvalue weighted by molar-refractivity contribution is 6.32. The number of fused-ring (bicyclic) bond motifs is 1. The van der Waals surface area contributed by atoms with Crippen molar-refractivity contribution in [1.29, 1.82) is 0 Å². The van der Waals surface area contributed by atoms with Crippen molar-refractivity contribution in [2.75, 3.05) is 6.54 Å². The first kappa shape index (κ1) is 24.4. The summed E-state index contributed by atoms with van der Waals surface area (Å²) < 4.78 is 52.9. The van der Waals surface area contributed by atoms with E-state index in [1.54, 1.807) is 13.8 Å². The summed E-state index contributed by atoms with van der Waals surface area (Å²) in [4.78, 5) is 15.3. The number of hydrogen-bond acceptors (Lipinski definition) is 5. The van der Waals surface area contributed by atoms with E-state index < -0.39 is 23.1 Å². The third-order valence-electron chi connectivity index (χ3n) is 6.29. The molecule has 4 rings (SSSR count). The summed E-state index contributed by atoms with van der Waals surface area (Å²) in [6.07, 6.45) is -2.04. The molecular formula is C25H25ClF3NO4. The van der Waals surface area contributed by atoms with Crippen molar-refractivity contribution in [2.45, 2.75) is 58.8 Å². The fourth-order valence-electron chi connectivity index (χ4n) is 4.40. The summed E-state index contributed by atoms with van der Waals surface area (Å²) in [5.41, 5.74) is 0.0906. The number of hydrogen-bond donors (Lipinski definition) is 1. The summed E-state index contributed by atoms with van der Waals surface area (Å²) in [6.45, 7) is 6.31. The zero-order chi connectivity index (χ0) is 24.8. The van der Waals surface area contributed by atoms with Gasteiger partial charge in [-0.1, -0.05) is 18.0 Å². The van der Waals surface area contributed by atoms with Gasteiger partial charge in [-0.05, 0) is 75.5 Å². The quantitative estimate of drug-likeness (QED) is 0.424. The number of rotatable bonds is 4. The van der Waals surface area contributed by atoms with E-state index in [1.807, 2.05) is 6.92 Å². The second-order valence-corrected chi connectivity index (χ2v) is 9.19. The third kappa shape index (κ3) is 4.61. The summed E-state index contributed by atoms with van der Waals surface area (Å²) in [5, 5.41) is 10.9. The van der Waals surface area contributed by atoms with Crippen molar-refractivity contribution in [3.8, 4) is 17.2 Å². The number of aryl methyl sites for hydroxylation is 2. The van der Waals surface area contributed by atoms with Gasteiger partial charge in [-0.25, -0.2) is 0 Å². The molecular weight excluding hydrogens is 471 g/mol.